The van der Waals surface area contributed by atoms with Gasteiger partial charge in [-0.2, -0.15) is 4.68 Å². The van der Waals surface area contributed by atoms with Gasteiger partial charge in [-0.15, -0.1) is 16.4 Å². The highest BCUT2D eigenvalue weighted by molar-refractivity contribution is 7.98. The number of hydrogen-bond acceptors (Lipinski definition) is 7. The molecule has 5 aromatic rings. The van der Waals surface area contributed by atoms with Crippen molar-refractivity contribution in [3.8, 4) is 10.7 Å². The molecule has 136 valence electrons. The molecule has 28 heavy (non-hydrogen) atoms. The minimum absolute atomic E-state index is 0.157. The average molecular weight is 403 g/mol. The maximum Gasteiger partial charge on any atom is 0.278 e. The molecule has 3 aromatic heterocycles. The monoisotopic (exact) mass is 403 g/mol. The molecular weight excluding hydrogens is 390 g/mol. The number of thioether (sulfide) groups is 1. The van der Waals surface area contributed by atoms with E-state index in [1.54, 1.807) is 23.5 Å². The Balaban J connectivity index is 1.55. The van der Waals surface area contributed by atoms with Crippen LogP contribution in [0.15, 0.2) is 75.9 Å². The minimum Gasteiger partial charge on any atom is -0.267 e. The van der Waals surface area contributed by atoms with E-state index in [0.29, 0.717) is 22.6 Å². The molecule has 0 N–H and O–H groups in total. The highest BCUT2D eigenvalue weighted by Gasteiger charge is 2.12. The van der Waals surface area contributed by atoms with E-state index in [9.17, 15) is 4.79 Å². The summed E-state index contributed by atoms with van der Waals surface area (Å²) in [5, 5.41) is 12.5. The van der Waals surface area contributed by atoms with Gasteiger partial charge in [-0.05, 0) is 29.6 Å². The number of para-hydroxylation sites is 1. The van der Waals surface area contributed by atoms with Crippen molar-refractivity contribution in [3.63, 3.8) is 0 Å². The molecule has 0 spiro atoms. The number of nitrogens with zero attached hydrogens (tertiary/aromatic N) is 5. The molecule has 0 saturated carbocycles. The molecule has 8 heteroatoms. The van der Waals surface area contributed by atoms with E-state index in [1.807, 2.05) is 53.9 Å². The zero-order valence-electron chi connectivity index (χ0n) is 14.5. The SMILES string of the molecule is O=c1c2ccccc2nnn1CSc1nc(-c2cccs2)nc2ccccc12. The Hall–Kier alpha value is -3.10. The Morgan fingerprint density at radius 3 is 2.50 bits per heavy atom. The molecule has 0 amide bonds. The fourth-order valence-corrected chi connectivity index (χ4v) is 4.45. The molecule has 0 fully saturated rings. The van der Waals surface area contributed by atoms with Crippen molar-refractivity contribution < 1.29 is 0 Å². The van der Waals surface area contributed by atoms with Crippen LogP contribution in [0.4, 0.5) is 0 Å². The third-order valence-electron chi connectivity index (χ3n) is 4.26. The predicted molar refractivity (Wildman–Crippen MR) is 113 cm³/mol. The third-order valence-corrected chi connectivity index (χ3v) is 6.09. The Kier molecular flexibility index (Phi) is 4.34. The lowest BCUT2D eigenvalue weighted by molar-refractivity contribution is 0.644. The van der Waals surface area contributed by atoms with Gasteiger partial charge in [0.1, 0.15) is 10.5 Å². The summed E-state index contributed by atoms with van der Waals surface area (Å²) in [4.78, 5) is 23.1. The number of benzene rings is 2. The van der Waals surface area contributed by atoms with Crippen LogP contribution in [0.2, 0.25) is 0 Å². The predicted octanol–water partition coefficient (Wildman–Crippen LogP) is 4.21. The standard InChI is InChI=1S/C20H13N5OS2/c26-20-14-7-2-4-9-16(14)23-24-25(20)12-28-19-13-6-1-3-8-15(13)21-18(22-19)17-10-5-11-27-17/h1-11H,12H2. The number of rotatable bonds is 4. The lowest BCUT2D eigenvalue weighted by Gasteiger charge is -2.08. The largest absolute Gasteiger partial charge is 0.278 e. The van der Waals surface area contributed by atoms with Gasteiger partial charge in [0.05, 0.1) is 21.7 Å². The van der Waals surface area contributed by atoms with E-state index < -0.39 is 0 Å². The van der Waals surface area contributed by atoms with Crippen LogP contribution in [0.5, 0.6) is 0 Å². The van der Waals surface area contributed by atoms with Crippen LogP contribution in [0.1, 0.15) is 0 Å². The quantitative estimate of drug-likeness (QED) is 0.331. The van der Waals surface area contributed by atoms with E-state index in [0.717, 1.165) is 20.8 Å². The molecule has 0 aliphatic rings. The highest BCUT2D eigenvalue weighted by Crippen LogP contribution is 2.30. The Morgan fingerprint density at radius 2 is 1.68 bits per heavy atom. The fourth-order valence-electron chi connectivity index (χ4n) is 2.90. The lowest BCUT2D eigenvalue weighted by Crippen LogP contribution is -2.23. The molecule has 0 atom stereocenters. The molecule has 3 heterocycles. The number of aromatic nitrogens is 5. The average Bonchev–Trinajstić information content (AvgIpc) is 3.28. The van der Waals surface area contributed by atoms with E-state index in [-0.39, 0.29) is 5.56 Å². The maximum atomic E-state index is 12.7. The van der Waals surface area contributed by atoms with Crippen molar-refractivity contribution in [2.75, 3.05) is 0 Å². The summed E-state index contributed by atoms with van der Waals surface area (Å²) < 4.78 is 1.37. The minimum atomic E-state index is -0.157. The van der Waals surface area contributed by atoms with Crippen molar-refractivity contribution in [3.05, 3.63) is 76.4 Å². The molecule has 0 unspecified atom stereocenters. The summed E-state index contributed by atoms with van der Waals surface area (Å²) in [6, 6.07) is 19.1. The van der Waals surface area contributed by atoms with Gasteiger partial charge in [-0.1, -0.05) is 53.4 Å². The molecule has 0 aliphatic carbocycles. The molecule has 6 nitrogen and oxygen atoms in total. The van der Waals surface area contributed by atoms with E-state index in [1.165, 1.54) is 16.4 Å². The zero-order valence-corrected chi connectivity index (χ0v) is 16.2. The van der Waals surface area contributed by atoms with Crippen LogP contribution < -0.4 is 5.56 Å². The molecule has 2 aromatic carbocycles. The summed E-state index contributed by atoms with van der Waals surface area (Å²) in [5.41, 5.74) is 1.32. The third kappa shape index (κ3) is 3.06. The number of thiophene rings is 1. The van der Waals surface area contributed by atoms with Crippen LogP contribution in [0.25, 0.3) is 32.5 Å². The molecule has 0 saturated heterocycles. The Labute approximate surface area is 167 Å². The number of hydrogen-bond donors (Lipinski definition) is 0. The second-order valence-corrected chi connectivity index (χ2v) is 7.91. The normalized spacial score (nSPS) is 11.3. The second kappa shape index (κ2) is 7.14. The van der Waals surface area contributed by atoms with Crippen molar-refractivity contribution in [2.24, 2.45) is 0 Å². The van der Waals surface area contributed by atoms with E-state index in [2.05, 4.69) is 15.3 Å². The van der Waals surface area contributed by atoms with Crippen molar-refractivity contribution in [1.29, 1.82) is 0 Å². The van der Waals surface area contributed by atoms with Crippen LogP contribution in [-0.4, -0.2) is 25.0 Å². The summed E-state index contributed by atoms with van der Waals surface area (Å²) in [6.45, 7) is 0. The van der Waals surface area contributed by atoms with Gasteiger partial charge in [0.2, 0.25) is 0 Å². The van der Waals surface area contributed by atoms with Gasteiger partial charge in [0, 0.05) is 5.39 Å². The first-order valence-electron chi connectivity index (χ1n) is 8.55. The first-order valence-corrected chi connectivity index (χ1v) is 10.4. The Bertz CT molecular complexity index is 1350. The van der Waals surface area contributed by atoms with Gasteiger partial charge >= 0.3 is 0 Å². The van der Waals surface area contributed by atoms with E-state index >= 15 is 0 Å². The van der Waals surface area contributed by atoms with Crippen LogP contribution >= 0.6 is 23.1 Å². The van der Waals surface area contributed by atoms with Gasteiger partial charge in [0.15, 0.2) is 5.82 Å². The smallest absolute Gasteiger partial charge is 0.267 e. The first-order chi connectivity index (χ1) is 13.8. The molecule has 0 aliphatic heterocycles. The van der Waals surface area contributed by atoms with Gasteiger partial charge in [-0.3, -0.25) is 4.79 Å². The maximum absolute atomic E-state index is 12.7. The molecular formula is C20H13N5OS2. The van der Waals surface area contributed by atoms with Gasteiger partial charge in [-0.25, -0.2) is 9.97 Å². The molecule has 0 bridgehead atoms. The number of fused-ring (bicyclic) bond motifs is 2. The van der Waals surface area contributed by atoms with Crippen LogP contribution in [0.3, 0.4) is 0 Å². The van der Waals surface area contributed by atoms with Crippen molar-refractivity contribution in [2.45, 2.75) is 10.9 Å². The van der Waals surface area contributed by atoms with Crippen LogP contribution in [-0.2, 0) is 5.88 Å². The van der Waals surface area contributed by atoms with Crippen LogP contribution in [0, 0.1) is 0 Å². The summed E-state index contributed by atoms with van der Waals surface area (Å²) in [5.74, 6) is 1.01. The first kappa shape index (κ1) is 17.0. The summed E-state index contributed by atoms with van der Waals surface area (Å²) >= 11 is 3.05. The fraction of sp³-hybridized carbons (Fsp3) is 0.0500. The summed E-state index contributed by atoms with van der Waals surface area (Å²) in [6.07, 6.45) is 0. The molecule has 0 radical (unpaired) electrons. The topological polar surface area (TPSA) is 73.6 Å². The summed E-state index contributed by atoms with van der Waals surface area (Å²) in [7, 11) is 0. The van der Waals surface area contributed by atoms with Gasteiger partial charge in [0.25, 0.3) is 5.56 Å². The zero-order chi connectivity index (χ0) is 18.9. The van der Waals surface area contributed by atoms with Crippen molar-refractivity contribution in [1.82, 2.24) is 25.0 Å². The second-order valence-electron chi connectivity index (χ2n) is 6.03. The van der Waals surface area contributed by atoms with E-state index in [4.69, 9.17) is 4.98 Å². The lowest BCUT2D eigenvalue weighted by atomic mass is 10.2. The van der Waals surface area contributed by atoms with Gasteiger partial charge < -0.3 is 0 Å². The highest BCUT2D eigenvalue weighted by atomic mass is 32.2. The van der Waals surface area contributed by atoms with Crippen molar-refractivity contribution >= 4 is 44.9 Å². The molecule has 5 rings (SSSR count). The Morgan fingerprint density at radius 1 is 0.893 bits per heavy atom.